The minimum Gasteiger partial charge on any atom is -0.492 e. The number of benzene rings is 1. The number of ether oxygens (including phenoxy) is 2. The van der Waals surface area contributed by atoms with Crippen LogP contribution >= 0.6 is 11.3 Å². The highest BCUT2D eigenvalue weighted by Gasteiger charge is 2.10. The van der Waals surface area contributed by atoms with Gasteiger partial charge in [0.25, 0.3) is 0 Å². The Labute approximate surface area is 183 Å². The number of rotatable bonds is 10. The minimum absolute atomic E-state index is 0.691. The molecule has 0 bridgehead atoms. The van der Waals surface area contributed by atoms with Gasteiger partial charge >= 0.3 is 0 Å². The summed E-state index contributed by atoms with van der Waals surface area (Å²) in [4.78, 5) is 12.5. The SMILES string of the molecule is CCc1cnc(CCNC(=NC)NCc2cccc(OCCN3CCOCC3)c2)s1. The summed E-state index contributed by atoms with van der Waals surface area (Å²) in [5.74, 6) is 1.70. The van der Waals surface area contributed by atoms with Gasteiger partial charge in [-0.25, -0.2) is 4.98 Å². The molecule has 3 rings (SSSR count). The van der Waals surface area contributed by atoms with Crippen LogP contribution in [0.3, 0.4) is 0 Å². The van der Waals surface area contributed by atoms with Gasteiger partial charge in [-0.2, -0.15) is 0 Å². The van der Waals surface area contributed by atoms with Crippen molar-refractivity contribution in [1.29, 1.82) is 0 Å². The predicted molar refractivity (Wildman–Crippen MR) is 123 cm³/mol. The summed E-state index contributed by atoms with van der Waals surface area (Å²) in [6, 6.07) is 8.22. The lowest BCUT2D eigenvalue weighted by Crippen LogP contribution is -2.38. The predicted octanol–water partition coefficient (Wildman–Crippen LogP) is 2.32. The Hall–Kier alpha value is -2.16. The van der Waals surface area contributed by atoms with E-state index < -0.39 is 0 Å². The summed E-state index contributed by atoms with van der Waals surface area (Å²) in [6.07, 6.45) is 3.92. The molecule has 7 nitrogen and oxygen atoms in total. The summed E-state index contributed by atoms with van der Waals surface area (Å²) in [7, 11) is 1.79. The van der Waals surface area contributed by atoms with Gasteiger partial charge in [0, 0.05) is 57.3 Å². The molecule has 0 saturated carbocycles. The number of thiazole rings is 1. The van der Waals surface area contributed by atoms with Gasteiger partial charge < -0.3 is 20.1 Å². The molecule has 30 heavy (non-hydrogen) atoms. The molecule has 164 valence electrons. The van der Waals surface area contributed by atoms with Gasteiger partial charge in [-0.1, -0.05) is 19.1 Å². The zero-order valence-corrected chi connectivity index (χ0v) is 18.8. The van der Waals surface area contributed by atoms with E-state index in [-0.39, 0.29) is 0 Å². The Kier molecular flexibility index (Phi) is 9.40. The molecule has 1 aromatic carbocycles. The number of nitrogens with zero attached hydrogens (tertiary/aromatic N) is 3. The Bertz CT molecular complexity index is 789. The zero-order valence-electron chi connectivity index (χ0n) is 18.0. The van der Waals surface area contributed by atoms with Crippen molar-refractivity contribution in [1.82, 2.24) is 20.5 Å². The highest BCUT2D eigenvalue weighted by Crippen LogP contribution is 2.14. The summed E-state index contributed by atoms with van der Waals surface area (Å²) >= 11 is 1.78. The van der Waals surface area contributed by atoms with Crippen LogP contribution in [0.5, 0.6) is 5.75 Å². The normalized spacial score (nSPS) is 15.2. The van der Waals surface area contributed by atoms with Crippen LogP contribution in [0.4, 0.5) is 0 Å². The fourth-order valence-electron chi connectivity index (χ4n) is 3.18. The number of nitrogens with one attached hydrogen (secondary N) is 2. The summed E-state index contributed by atoms with van der Waals surface area (Å²) in [6.45, 7) is 8.89. The molecule has 0 amide bonds. The number of aryl methyl sites for hydroxylation is 1. The van der Waals surface area contributed by atoms with E-state index in [2.05, 4.69) is 44.6 Å². The Balaban J connectivity index is 1.37. The summed E-state index contributed by atoms with van der Waals surface area (Å²) in [5, 5.41) is 7.89. The van der Waals surface area contributed by atoms with E-state index in [1.807, 2.05) is 18.3 Å². The van der Waals surface area contributed by atoms with Crippen LogP contribution in [0.15, 0.2) is 35.5 Å². The van der Waals surface area contributed by atoms with Crippen LogP contribution in [0.1, 0.15) is 22.4 Å². The fraction of sp³-hybridized carbons (Fsp3) is 0.545. The number of hydrogen-bond donors (Lipinski definition) is 2. The van der Waals surface area contributed by atoms with Gasteiger partial charge in [0.1, 0.15) is 12.4 Å². The molecule has 0 unspecified atom stereocenters. The topological polar surface area (TPSA) is 71.0 Å². The fourth-order valence-corrected chi connectivity index (χ4v) is 4.05. The van der Waals surface area contributed by atoms with Gasteiger partial charge in [0.2, 0.25) is 0 Å². The monoisotopic (exact) mass is 431 g/mol. The van der Waals surface area contributed by atoms with Gasteiger partial charge in [0.05, 0.1) is 18.2 Å². The van der Waals surface area contributed by atoms with E-state index >= 15 is 0 Å². The second-order valence-corrected chi connectivity index (χ2v) is 8.33. The maximum atomic E-state index is 5.95. The van der Waals surface area contributed by atoms with E-state index in [0.29, 0.717) is 13.2 Å². The van der Waals surface area contributed by atoms with Crippen molar-refractivity contribution >= 4 is 17.3 Å². The van der Waals surface area contributed by atoms with Gasteiger partial charge in [0.15, 0.2) is 5.96 Å². The molecule has 8 heteroatoms. The second kappa shape index (κ2) is 12.5. The minimum atomic E-state index is 0.691. The first-order valence-corrected chi connectivity index (χ1v) is 11.5. The maximum Gasteiger partial charge on any atom is 0.191 e. The van der Waals surface area contributed by atoms with Crippen LogP contribution in [0, 0.1) is 0 Å². The molecule has 2 aromatic rings. The lowest BCUT2D eigenvalue weighted by Gasteiger charge is -2.26. The molecule has 2 N–H and O–H groups in total. The van der Waals surface area contributed by atoms with Crippen LogP contribution in [0.25, 0.3) is 0 Å². The third-order valence-corrected chi connectivity index (χ3v) is 6.14. The number of guanidine groups is 1. The highest BCUT2D eigenvalue weighted by molar-refractivity contribution is 7.11. The van der Waals surface area contributed by atoms with Gasteiger partial charge in [-0.3, -0.25) is 9.89 Å². The van der Waals surface area contributed by atoms with Crippen molar-refractivity contribution in [3.05, 3.63) is 45.9 Å². The van der Waals surface area contributed by atoms with Crippen molar-refractivity contribution in [2.24, 2.45) is 4.99 Å². The summed E-state index contributed by atoms with van der Waals surface area (Å²) < 4.78 is 11.3. The lowest BCUT2D eigenvalue weighted by molar-refractivity contribution is 0.0322. The lowest BCUT2D eigenvalue weighted by atomic mass is 10.2. The highest BCUT2D eigenvalue weighted by atomic mass is 32.1. The van der Waals surface area contributed by atoms with E-state index in [1.54, 1.807) is 18.4 Å². The van der Waals surface area contributed by atoms with Crippen molar-refractivity contribution < 1.29 is 9.47 Å². The molecule has 0 atom stereocenters. The van der Waals surface area contributed by atoms with E-state index in [1.165, 1.54) is 4.88 Å². The number of aromatic nitrogens is 1. The Morgan fingerprint density at radius 1 is 1.30 bits per heavy atom. The third-order valence-electron chi connectivity index (χ3n) is 4.94. The number of morpholine rings is 1. The van der Waals surface area contributed by atoms with Gasteiger partial charge in [-0.15, -0.1) is 11.3 Å². The van der Waals surface area contributed by atoms with Crippen molar-refractivity contribution in [3.63, 3.8) is 0 Å². The quantitative estimate of drug-likeness (QED) is 0.444. The molecule has 1 saturated heterocycles. The van der Waals surface area contributed by atoms with Crippen LogP contribution in [-0.4, -0.2) is 68.9 Å². The average molecular weight is 432 g/mol. The van der Waals surface area contributed by atoms with Crippen LogP contribution in [0.2, 0.25) is 0 Å². The molecule has 0 aliphatic carbocycles. The van der Waals surface area contributed by atoms with E-state index in [0.717, 1.165) is 74.5 Å². The first-order chi connectivity index (χ1) is 14.8. The molecule has 1 fully saturated rings. The Morgan fingerprint density at radius 2 is 2.17 bits per heavy atom. The van der Waals surface area contributed by atoms with Crippen molar-refractivity contribution in [2.45, 2.75) is 26.3 Å². The number of aliphatic imine (C=N–C) groups is 1. The molecular weight excluding hydrogens is 398 g/mol. The number of hydrogen-bond acceptors (Lipinski definition) is 6. The molecule has 2 heterocycles. The first-order valence-electron chi connectivity index (χ1n) is 10.7. The first kappa shape index (κ1) is 22.5. The molecular formula is C22H33N5O2S. The molecule has 1 aliphatic rings. The summed E-state index contributed by atoms with van der Waals surface area (Å²) in [5.41, 5.74) is 1.16. The van der Waals surface area contributed by atoms with E-state index in [9.17, 15) is 0 Å². The molecule has 1 aliphatic heterocycles. The smallest absolute Gasteiger partial charge is 0.191 e. The van der Waals surface area contributed by atoms with E-state index in [4.69, 9.17) is 9.47 Å². The largest absolute Gasteiger partial charge is 0.492 e. The molecule has 0 spiro atoms. The Morgan fingerprint density at radius 3 is 2.93 bits per heavy atom. The zero-order chi connectivity index (χ0) is 21.0. The van der Waals surface area contributed by atoms with Crippen LogP contribution in [-0.2, 0) is 24.1 Å². The van der Waals surface area contributed by atoms with Crippen molar-refractivity contribution in [3.8, 4) is 5.75 Å². The molecule has 0 radical (unpaired) electrons. The second-order valence-electron chi connectivity index (χ2n) is 7.13. The van der Waals surface area contributed by atoms with Crippen LogP contribution < -0.4 is 15.4 Å². The third kappa shape index (κ3) is 7.59. The van der Waals surface area contributed by atoms with Gasteiger partial charge in [-0.05, 0) is 24.1 Å². The molecule has 1 aromatic heterocycles. The standard InChI is InChI=1S/C22H33N5O2S/c1-3-20-17-25-21(30-20)7-8-24-22(23-2)26-16-18-5-4-6-19(15-18)29-14-11-27-9-12-28-13-10-27/h4-6,15,17H,3,7-14,16H2,1-2H3,(H2,23,24,26). The average Bonchev–Trinajstić information content (AvgIpc) is 3.25. The maximum absolute atomic E-state index is 5.95. The van der Waals surface area contributed by atoms with Crippen molar-refractivity contribution in [2.75, 3.05) is 53.0 Å².